The molecule has 5 nitrogen and oxygen atoms in total. The molecule has 86 valence electrons. The highest BCUT2D eigenvalue weighted by Gasteiger charge is 2.23. The lowest BCUT2D eigenvalue weighted by Gasteiger charge is -2.07. The normalized spacial score (nSPS) is 12.6. The first-order chi connectivity index (χ1) is 7.76. The Morgan fingerprint density at radius 3 is 3.00 bits per heavy atom. The van der Waals surface area contributed by atoms with Crippen LogP contribution in [0.1, 0.15) is 10.4 Å². The monoisotopic (exact) mass is 223 g/mol. The molecular weight excluding hydrogens is 210 g/mol. The quantitative estimate of drug-likeness (QED) is 0.766. The van der Waals surface area contributed by atoms with Gasteiger partial charge >= 0.3 is 0 Å². The maximum Gasteiger partial charge on any atom is 0.231 e. The van der Waals surface area contributed by atoms with Crippen LogP contribution in [0.25, 0.3) is 0 Å². The first-order valence-electron chi connectivity index (χ1n) is 4.91. The van der Waals surface area contributed by atoms with E-state index in [-0.39, 0.29) is 19.1 Å². The number of nitrogens with one attached hydrogen (secondary N) is 1. The number of rotatable bonds is 4. The molecule has 0 aromatic heterocycles. The molecule has 0 bridgehead atoms. The number of ketones is 1. The van der Waals surface area contributed by atoms with Gasteiger partial charge in [0.05, 0.1) is 19.2 Å². The van der Waals surface area contributed by atoms with Crippen molar-refractivity contribution in [2.75, 3.05) is 27.5 Å². The van der Waals surface area contributed by atoms with Crippen molar-refractivity contribution in [3.05, 3.63) is 17.7 Å². The van der Waals surface area contributed by atoms with E-state index in [0.29, 0.717) is 22.8 Å². The summed E-state index contributed by atoms with van der Waals surface area (Å²) in [5, 5.41) is 2.81. The van der Waals surface area contributed by atoms with Gasteiger partial charge < -0.3 is 19.5 Å². The van der Waals surface area contributed by atoms with Crippen molar-refractivity contribution in [3.8, 4) is 17.2 Å². The first kappa shape index (κ1) is 10.8. The van der Waals surface area contributed by atoms with Gasteiger partial charge in [-0.15, -0.1) is 0 Å². The molecule has 2 rings (SSSR count). The predicted molar refractivity (Wildman–Crippen MR) is 57.4 cm³/mol. The number of ether oxygens (including phenoxy) is 3. The molecule has 16 heavy (non-hydrogen) atoms. The molecule has 1 aromatic carbocycles. The van der Waals surface area contributed by atoms with Crippen molar-refractivity contribution in [1.82, 2.24) is 5.32 Å². The Morgan fingerprint density at radius 2 is 2.31 bits per heavy atom. The van der Waals surface area contributed by atoms with Crippen LogP contribution in [0.15, 0.2) is 12.1 Å². The van der Waals surface area contributed by atoms with E-state index < -0.39 is 0 Å². The number of Topliss-reactive ketones (excluding diaryl/α,β-unsaturated/α-hetero) is 1. The maximum atomic E-state index is 11.8. The largest absolute Gasteiger partial charge is 0.497 e. The Hall–Kier alpha value is -1.75. The standard InChI is InChI=1S/C11H13NO4/c1-12-5-9(13)8-3-7(14-2)4-10-11(8)16-6-15-10/h3-4,12H,5-6H2,1-2H3. The number of fused-ring (bicyclic) bond motifs is 1. The molecule has 0 unspecified atom stereocenters. The summed E-state index contributed by atoms with van der Waals surface area (Å²) < 4.78 is 15.6. The zero-order valence-corrected chi connectivity index (χ0v) is 9.20. The zero-order chi connectivity index (χ0) is 11.5. The highest BCUT2D eigenvalue weighted by molar-refractivity contribution is 6.01. The number of hydrogen-bond donors (Lipinski definition) is 1. The highest BCUT2D eigenvalue weighted by atomic mass is 16.7. The van der Waals surface area contributed by atoms with Gasteiger partial charge in [0.25, 0.3) is 0 Å². The molecule has 0 spiro atoms. The van der Waals surface area contributed by atoms with Crippen molar-refractivity contribution in [3.63, 3.8) is 0 Å². The molecule has 5 heteroatoms. The van der Waals surface area contributed by atoms with E-state index in [1.54, 1.807) is 26.3 Å². The predicted octanol–water partition coefficient (Wildman–Crippen LogP) is 0.826. The molecule has 0 saturated heterocycles. The van der Waals surface area contributed by atoms with Crippen molar-refractivity contribution in [1.29, 1.82) is 0 Å². The molecule has 0 atom stereocenters. The smallest absolute Gasteiger partial charge is 0.231 e. The van der Waals surface area contributed by atoms with E-state index in [0.717, 1.165) is 0 Å². The summed E-state index contributed by atoms with van der Waals surface area (Å²) in [6.45, 7) is 0.394. The summed E-state index contributed by atoms with van der Waals surface area (Å²) in [6, 6.07) is 3.37. The van der Waals surface area contributed by atoms with Crippen molar-refractivity contribution in [2.45, 2.75) is 0 Å². The minimum absolute atomic E-state index is 0.0526. The molecule has 0 fully saturated rings. The number of hydrogen-bond acceptors (Lipinski definition) is 5. The Bertz CT molecular complexity index is 417. The van der Waals surface area contributed by atoms with Crippen LogP contribution in [0.3, 0.4) is 0 Å². The highest BCUT2D eigenvalue weighted by Crippen LogP contribution is 2.39. The average molecular weight is 223 g/mol. The molecule has 0 amide bonds. The van der Waals surface area contributed by atoms with Crippen LogP contribution < -0.4 is 19.5 Å². The lowest BCUT2D eigenvalue weighted by Crippen LogP contribution is -2.19. The van der Waals surface area contributed by atoms with Crippen LogP contribution in [0.4, 0.5) is 0 Å². The minimum atomic E-state index is -0.0526. The molecule has 1 aliphatic heterocycles. The molecule has 1 N–H and O–H groups in total. The summed E-state index contributed by atoms with van der Waals surface area (Å²) in [4.78, 5) is 11.8. The van der Waals surface area contributed by atoms with E-state index in [4.69, 9.17) is 14.2 Å². The third kappa shape index (κ3) is 1.81. The Kier molecular flexibility index (Phi) is 2.96. The van der Waals surface area contributed by atoms with Crippen molar-refractivity contribution < 1.29 is 19.0 Å². The first-order valence-corrected chi connectivity index (χ1v) is 4.91. The maximum absolute atomic E-state index is 11.8. The molecule has 1 aliphatic rings. The zero-order valence-electron chi connectivity index (χ0n) is 9.20. The fourth-order valence-corrected chi connectivity index (χ4v) is 1.57. The lowest BCUT2D eigenvalue weighted by atomic mass is 10.1. The van der Waals surface area contributed by atoms with Gasteiger partial charge in [0.15, 0.2) is 17.3 Å². The van der Waals surface area contributed by atoms with Crippen molar-refractivity contribution in [2.24, 2.45) is 0 Å². The number of carbonyl (C=O) groups is 1. The number of carbonyl (C=O) groups excluding carboxylic acids is 1. The van der Waals surface area contributed by atoms with E-state index in [1.165, 1.54) is 0 Å². The third-order valence-electron chi connectivity index (χ3n) is 2.32. The fraction of sp³-hybridized carbons (Fsp3) is 0.364. The second-order valence-corrected chi connectivity index (χ2v) is 3.36. The van der Waals surface area contributed by atoms with Crippen LogP contribution in [0.2, 0.25) is 0 Å². The van der Waals surface area contributed by atoms with E-state index in [2.05, 4.69) is 5.32 Å². The second-order valence-electron chi connectivity index (χ2n) is 3.36. The Morgan fingerprint density at radius 1 is 1.50 bits per heavy atom. The topological polar surface area (TPSA) is 56.8 Å². The number of likely N-dealkylation sites (N-methyl/N-ethyl adjacent to an activating group) is 1. The lowest BCUT2D eigenvalue weighted by molar-refractivity contribution is 0.0988. The van der Waals surface area contributed by atoms with Crippen LogP contribution in [0.5, 0.6) is 17.2 Å². The average Bonchev–Trinajstić information content (AvgIpc) is 2.75. The number of benzene rings is 1. The molecule has 1 aromatic rings. The van der Waals surface area contributed by atoms with Gasteiger partial charge in [0.2, 0.25) is 6.79 Å². The number of methoxy groups -OCH3 is 1. The van der Waals surface area contributed by atoms with Crippen LogP contribution >= 0.6 is 0 Å². The summed E-state index contributed by atoms with van der Waals surface area (Å²) in [5.41, 5.74) is 0.487. The van der Waals surface area contributed by atoms with Crippen molar-refractivity contribution >= 4 is 5.78 Å². The van der Waals surface area contributed by atoms with Gasteiger partial charge in [-0.05, 0) is 13.1 Å². The summed E-state index contributed by atoms with van der Waals surface area (Å²) in [7, 11) is 3.26. The molecule has 0 radical (unpaired) electrons. The Balaban J connectivity index is 2.42. The van der Waals surface area contributed by atoms with Gasteiger partial charge in [0, 0.05) is 6.07 Å². The molecule has 0 saturated carbocycles. The molecule has 1 heterocycles. The second kappa shape index (κ2) is 4.40. The van der Waals surface area contributed by atoms with Crippen LogP contribution in [-0.4, -0.2) is 33.3 Å². The SMILES string of the molecule is CNCC(=O)c1cc(OC)cc2c1OCO2. The van der Waals surface area contributed by atoms with Crippen LogP contribution in [0, 0.1) is 0 Å². The van der Waals surface area contributed by atoms with Gasteiger partial charge in [-0.3, -0.25) is 4.79 Å². The van der Waals surface area contributed by atoms with E-state index >= 15 is 0 Å². The fourth-order valence-electron chi connectivity index (χ4n) is 1.57. The summed E-state index contributed by atoms with van der Waals surface area (Å²) >= 11 is 0. The summed E-state index contributed by atoms with van der Waals surface area (Å²) in [6.07, 6.45) is 0. The van der Waals surface area contributed by atoms with Gasteiger partial charge in [0.1, 0.15) is 5.75 Å². The molecular formula is C11H13NO4. The van der Waals surface area contributed by atoms with Gasteiger partial charge in [-0.1, -0.05) is 0 Å². The molecule has 0 aliphatic carbocycles. The van der Waals surface area contributed by atoms with Crippen LogP contribution in [-0.2, 0) is 0 Å². The van der Waals surface area contributed by atoms with E-state index in [1.807, 2.05) is 0 Å². The van der Waals surface area contributed by atoms with E-state index in [9.17, 15) is 4.79 Å². The Labute approximate surface area is 93.3 Å². The van der Waals surface area contributed by atoms with Gasteiger partial charge in [-0.2, -0.15) is 0 Å². The van der Waals surface area contributed by atoms with Gasteiger partial charge in [-0.25, -0.2) is 0 Å². The third-order valence-corrected chi connectivity index (χ3v) is 2.32. The summed E-state index contributed by atoms with van der Waals surface area (Å²) in [5.74, 6) is 1.59. The minimum Gasteiger partial charge on any atom is -0.497 e.